The molecule has 3 aromatic rings. The number of ether oxygens (including phenoxy) is 2. The van der Waals surface area contributed by atoms with Crippen LogP contribution in [-0.4, -0.2) is 13.3 Å². The van der Waals surface area contributed by atoms with Crippen LogP contribution in [0.1, 0.15) is 36.0 Å². The van der Waals surface area contributed by atoms with Crippen molar-refractivity contribution in [1.29, 1.82) is 5.41 Å². The fraction of sp³-hybridized carbons (Fsp3) is 0.192. The molecule has 0 saturated heterocycles. The minimum absolute atomic E-state index is 0.760. The van der Waals surface area contributed by atoms with Crippen molar-refractivity contribution >= 4 is 12.0 Å². The predicted octanol–water partition coefficient (Wildman–Crippen LogP) is 6.64. The van der Waals surface area contributed by atoms with Gasteiger partial charge in [0, 0.05) is 17.3 Å². The Morgan fingerprint density at radius 2 is 1.59 bits per heavy atom. The van der Waals surface area contributed by atoms with Crippen molar-refractivity contribution in [2.24, 2.45) is 0 Å². The maximum absolute atomic E-state index is 7.89. The summed E-state index contributed by atoms with van der Waals surface area (Å²) in [6.07, 6.45) is 4.78. The molecule has 3 nitrogen and oxygen atoms in total. The van der Waals surface area contributed by atoms with Crippen LogP contribution in [0.2, 0.25) is 0 Å². The number of methoxy groups -OCH3 is 1. The molecule has 1 aliphatic carbocycles. The second-order valence-electron chi connectivity index (χ2n) is 7.38. The highest BCUT2D eigenvalue weighted by atomic mass is 16.5. The molecule has 29 heavy (non-hydrogen) atoms. The van der Waals surface area contributed by atoms with Crippen molar-refractivity contribution in [3.05, 3.63) is 89.0 Å². The van der Waals surface area contributed by atoms with E-state index in [1.165, 1.54) is 23.8 Å². The molecule has 1 saturated carbocycles. The number of allylic oxidation sites excluding steroid dienone is 1. The zero-order valence-electron chi connectivity index (χ0n) is 16.9. The largest absolute Gasteiger partial charge is 0.497 e. The molecule has 0 heterocycles. The van der Waals surface area contributed by atoms with E-state index in [0.717, 1.165) is 52.4 Å². The molecule has 0 atom stereocenters. The molecule has 0 bridgehead atoms. The van der Waals surface area contributed by atoms with Crippen LogP contribution in [-0.2, 0) is 0 Å². The van der Waals surface area contributed by atoms with Gasteiger partial charge in [-0.3, -0.25) is 0 Å². The Kier molecular flexibility index (Phi) is 5.48. The van der Waals surface area contributed by atoms with Crippen molar-refractivity contribution in [1.82, 2.24) is 0 Å². The van der Waals surface area contributed by atoms with Crippen molar-refractivity contribution in [3.8, 4) is 22.6 Å². The summed E-state index contributed by atoms with van der Waals surface area (Å²) in [7, 11) is 1.66. The van der Waals surface area contributed by atoms with Crippen LogP contribution in [0.25, 0.3) is 16.9 Å². The number of benzene rings is 3. The molecule has 1 fully saturated rings. The number of hydrogen-bond donors (Lipinski definition) is 1. The van der Waals surface area contributed by atoms with Crippen molar-refractivity contribution in [2.45, 2.75) is 26.2 Å². The summed E-state index contributed by atoms with van der Waals surface area (Å²) < 4.78 is 11.6. The van der Waals surface area contributed by atoms with E-state index in [1.54, 1.807) is 7.11 Å². The van der Waals surface area contributed by atoms with E-state index in [1.807, 2.05) is 42.5 Å². The van der Waals surface area contributed by atoms with Gasteiger partial charge in [-0.1, -0.05) is 48.0 Å². The molecule has 146 valence electrons. The summed E-state index contributed by atoms with van der Waals surface area (Å²) >= 11 is 0. The topological polar surface area (TPSA) is 42.3 Å². The lowest BCUT2D eigenvalue weighted by molar-refractivity contribution is 0.415. The second kappa shape index (κ2) is 8.36. The summed E-state index contributed by atoms with van der Waals surface area (Å²) in [6.45, 7) is 2.09. The number of nitrogens with one attached hydrogen (secondary N) is 1. The van der Waals surface area contributed by atoms with Crippen LogP contribution in [0.4, 0.5) is 0 Å². The smallest absolute Gasteiger partial charge is 0.133 e. The van der Waals surface area contributed by atoms with Gasteiger partial charge in [-0.05, 0) is 67.2 Å². The third-order valence-electron chi connectivity index (χ3n) is 5.39. The van der Waals surface area contributed by atoms with Crippen LogP contribution >= 0.6 is 0 Å². The van der Waals surface area contributed by atoms with E-state index in [4.69, 9.17) is 14.9 Å². The predicted molar refractivity (Wildman–Crippen MR) is 119 cm³/mol. The lowest BCUT2D eigenvalue weighted by atomic mass is 9.89. The Morgan fingerprint density at radius 1 is 0.897 bits per heavy atom. The van der Waals surface area contributed by atoms with Gasteiger partial charge in [0.2, 0.25) is 0 Å². The molecule has 1 aliphatic rings. The molecule has 0 aliphatic heterocycles. The normalized spacial score (nSPS) is 12.8. The summed E-state index contributed by atoms with van der Waals surface area (Å²) in [5, 5.41) is 7.89. The first-order valence-electron chi connectivity index (χ1n) is 9.94. The Morgan fingerprint density at radius 3 is 2.17 bits per heavy atom. The third-order valence-corrected chi connectivity index (χ3v) is 5.39. The Hall–Kier alpha value is -3.33. The van der Waals surface area contributed by atoms with Crippen molar-refractivity contribution in [2.75, 3.05) is 7.11 Å². The molecule has 0 unspecified atom stereocenters. The first-order valence-corrected chi connectivity index (χ1v) is 9.94. The molecule has 3 aromatic carbocycles. The molecule has 0 radical (unpaired) electrons. The molecular formula is C26H25NO2. The number of rotatable bonds is 6. The fourth-order valence-corrected chi connectivity index (χ4v) is 3.50. The summed E-state index contributed by atoms with van der Waals surface area (Å²) in [5.74, 6) is 2.54. The average molecular weight is 383 g/mol. The van der Waals surface area contributed by atoms with Crippen LogP contribution in [0.15, 0.2) is 72.3 Å². The van der Waals surface area contributed by atoms with E-state index < -0.39 is 0 Å². The monoisotopic (exact) mass is 383 g/mol. The van der Waals surface area contributed by atoms with E-state index in [9.17, 15) is 0 Å². The maximum atomic E-state index is 7.89. The zero-order chi connectivity index (χ0) is 20.2. The Bertz CT molecular complexity index is 1040. The van der Waals surface area contributed by atoms with Crippen LogP contribution < -0.4 is 9.47 Å². The maximum Gasteiger partial charge on any atom is 0.133 e. The Labute approximate surface area is 172 Å². The second-order valence-corrected chi connectivity index (χ2v) is 7.38. The minimum Gasteiger partial charge on any atom is -0.497 e. The zero-order valence-corrected chi connectivity index (χ0v) is 16.9. The highest BCUT2D eigenvalue weighted by molar-refractivity contribution is 5.89. The first-order chi connectivity index (χ1) is 14.2. The highest BCUT2D eigenvalue weighted by Gasteiger charge is 2.18. The fourth-order valence-electron chi connectivity index (χ4n) is 3.50. The van der Waals surface area contributed by atoms with E-state index in [0.29, 0.717) is 0 Å². The summed E-state index contributed by atoms with van der Waals surface area (Å²) in [4.78, 5) is 0. The summed E-state index contributed by atoms with van der Waals surface area (Å²) in [5.41, 5.74) is 6.59. The molecule has 0 spiro atoms. The van der Waals surface area contributed by atoms with Gasteiger partial charge in [0.15, 0.2) is 0 Å². The van der Waals surface area contributed by atoms with Crippen molar-refractivity contribution < 1.29 is 9.47 Å². The van der Waals surface area contributed by atoms with Crippen LogP contribution in [0.3, 0.4) is 0 Å². The average Bonchev–Trinajstić information content (AvgIpc) is 2.72. The number of hydrogen-bond acceptors (Lipinski definition) is 3. The van der Waals surface area contributed by atoms with Gasteiger partial charge >= 0.3 is 0 Å². The quantitative estimate of drug-likeness (QED) is 0.383. The Balaban J connectivity index is 1.66. The van der Waals surface area contributed by atoms with Crippen LogP contribution in [0, 0.1) is 12.3 Å². The van der Waals surface area contributed by atoms with Gasteiger partial charge < -0.3 is 14.9 Å². The van der Waals surface area contributed by atoms with Gasteiger partial charge in [-0.25, -0.2) is 0 Å². The third kappa shape index (κ3) is 4.09. The number of aryl methyl sites for hydroxylation is 1. The first kappa shape index (κ1) is 19.0. The lowest BCUT2D eigenvalue weighted by Gasteiger charge is -2.23. The standard InChI is InChI=1S/C26H25NO2/c1-18-6-8-21(9-7-18)26(20-4-3-5-20)29-24-14-15-25(22(16-24)17-27)19-10-12-23(28-2)13-11-19/h6-17,27H,3-5H2,1-2H3. The van der Waals surface area contributed by atoms with E-state index in [-0.39, 0.29) is 0 Å². The van der Waals surface area contributed by atoms with Gasteiger partial charge in [0.05, 0.1) is 7.11 Å². The van der Waals surface area contributed by atoms with E-state index >= 15 is 0 Å². The van der Waals surface area contributed by atoms with Crippen molar-refractivity contribution in [3.63, 3.8) is 0 Å². The minimum atomic E-state index is 0.760. The summed E-state index contributed by atoms with van der Waals surface area (Å²) in [6, 6.07) is 22.3. The molecule has 3 heteroatoms. The van der Waals surface area contributed by atoms with Gasteiger partial charge in [-0.2, -0.15) is 0 Å². The molecular weight excluding hydrogens is 358 g/mol. The van der Waals surface area contributed by atoms with Gasteiger partial charge in [-0.15, -0.1) is 0 Å². The molecule has 4 rings (SSSR count). The lowest BCUT2D eigenvalue weighted by Crippen LogP contribution is -2.07. The molecule has 0 aromatic heterocycles. The molecule has 1 N–H and O–H groups in total. The SMILES string of the molecule is COc1ccc(-c2ccc(OC(=C3CCC3)c3ccc(C)cc3)cc2C=N)cc1. The van der Waals surface area contributed by atoms with E-state index in [2.05, 4.69) is 31.2 Å². The van der Waals surface area contributed by atoms with Gasteiger partial charge in [0.25, 0.3) is 0 Å². The molecule has 0 amide bonds. The highest BCUT2D eigenvalue weighted by Crippen LogP contribution is 2.36. The van der Waals surface area contributed by atoms with Gasteiger partial charge in [0.1, 0.15) is 17.3 Å². The van der Waals surface area contributed by atoms with Crippen LogP contribution in [0.5, 0.6) is 11.5 Å².